The number of ketones is 1. The van der Waals surface area contributed by atoms with Gasteiger partial charge in [-0.15, -0.1) is 0 Å². The van der Waals surface area contributed by atoms with E-state index in [2.05, 4.69) is 0 Å². The van der Waals surface area contributed by atoms with Gasteiger partial charge in [-0.3, -0.25) is 4.79 Å². The minimum atomic E-state index is -1.66. The van der Waals surface area contributed by atoms with Gasteiger partial charge in [-0.1, -0.05) is 12.1 Å². The van der Waals surface area contributed by atoms with Gasteiger partial charge >= 0.3 is 0 Å². The number of carbonyl (C=O) groups is 1. The smallest absolute Gasteiger partial charge is 0.229 e. The van der Waals surface area contributed by atoms with Gasteiger partial charge in [0.05, 0.1) is 33.4 Å². The summed E-state index contributed by atoms with van der Waals surface area (Å²) in [6.07, 6.45) is -14.8. The first-order valence-corrected chi connectivity index (χ1v) is 13.8. The Labute approximate surface area is 246 Å². The standard InChI is InChI=1S/C29H36O14/c1-12-22(32)23(33)25(35)28(39-12)43-27-20(11-30)42-29(26(36)24(27)34)40-14-6-4-13(5-7-14)17-10-16(31)21-18(38-3)8-15(37-2)9-19(21)41-17/h4-9,12,17,20,22-30,32-36H,10-11H2,1-3H3. The molecular formula is C29H36O14. The van der Waals surface area contributed by atoms with Crippen molar-refractivity contribution in [2.75, 3.05) is 20.8 Å². The summed E-state index contributed by atoms with van der Waals surface area (Å²) < 4.78 is 39.2. The SMILES string of the molecule is COc1cc(OC)c2c(c1)OC(c1ccc(OC3OC(CO)C(OC4OC(C)C(O)C(O)C4O)C(O)C3O)cc1)CC2=O. The molecule has 0 bridgehead atoms. The molecule has 3 aliphatic rings. The van der Waals surface area contributed by atoms with Gasteiger partial charge in [-0.25, -0.2) is 0 Å². The third-order valence-corrected chi connectivity index (χ3v) is 7.84. The van der Waals surface area contributed by atoms with Crippen molar-refractivity contribution < 1.29 is 68.6 Å². The fourth-order valence-electron chi connectivity index (χ4n) is 5.36. The average Bonchev–Trinajstić information content (AvgIpc) is 3.01. The maximum atomic E-state index is 13.0. The third-order valence-electron chi connectivity index (χ3n) is 7.84. The van der Waals surface area contributed by atoms with Gasteiger partial charge in [0.1, 0.15) is 77.4 Å². The maximum absolute atomic E-state index is 13.0. The number of ether oxygens (including phenoxy) is 7. The Morgan fingerprint density at radius 1 is 0.837 bits per heavy atom. The van der Waals surface area contributed by atoms with Crippen molar-refractivity contribution in [3.05, 3.63) is 47.5 Å². The van der Waals surface area contributed by atoms with Crippen molar-refractivity contribution >= 4 is 5.78 Å². The first kappa shape index (κ1) is 31.4. The molecule has 11 unspecified atom stereocenters. The quantitative estimate of drug-likeness (QED) is 0.223. The summed E-state index contributed by atoms with van der Waals surface area (Å²) in [5.41, 5.74) is 1.02. The Bertz CT molecular complexity index is 1270. The van der Waals surface area contributed by atoms with Gasteiger partial charge in [0, 0.05) is 12.1 Å². The number of aliphatic hydroxyl groups excluding tert-OH is 6. The van der Waals surface area contributed by atoms with Crippen LogP contribution < -0.4 is 18.9 Å². The number of Topliss-reactive ketones (excluding diaryl/α,β-unsaturated/α-hetero) is 1. The van der Waals surface area contributed by atoms with Crippen LogP contribution in [0.5, 0.6) is 23.0 Å². The zero-order chi connectivity index (χ0) is 31.0. The highest BCUT2D eigenvalue weighted by atomic mass is 16.7. The molecule has 3 aliphatic heterocycles. The molecule has 5 rings (SSSR count). The molecule has 0 spiro atoms. The number of hydrogen-bond donors (Lipinski definition) is 6. The van der Waals surface area contributed by atoms with Gasteiger partial charge in [0.15, 0.2) is 12.1 Å². The van der Waals surface area contributed by atoms with E-state index in [0.717, 1.165) is 0 Å². The normalized spacial score (nSPS) is 35.9. The van der Waals surface area contributed by atoms with Crippen LogP contribution in [0.25, 0.3) is 0 Å². The molecule has 2 aromatic carbocycles. The number of benzene rings is 2. The lowest BCUT2D eigenvalue weighted by Gasteiger charge is -2.45. The van der Waals surface area contributed by atoms with E-state index in [4.69, 9.17) is 33.2 Å². The van der Waals surface area contributed by atoms with E-state index >= 15 is 0 Å². The van der Waals surface area contributed by atoms with E-state index in [1.54, 1.807) is 36.4 Å². The molecule has 3 heterocycles. The number of rotatable bonds is 8. The zero-order valence-corrected chi connectivity index (χ0v) is 23.7. The van der Waals surface area contributed by atoms with Gasteiger partial charge in [0.2, 0.25) is 6.29 Å². The molecule has 6 N–H and O–H groups in total. The summed E-state index contributed by atoms with van der Waals surface area (Å²) in [5, 5.41) is 61.7. The first-order valence-electron chi connectivity index (χ1n) is 13.8. The number of hydrogen-bond acceptors (Lipinski definition) is 14. The summed E-state index contributed by atoms with van der Waals surface area (Å²) in [6.45, 7) is 0.809. The molecule has 236 valence electrons. The fourth-order valence-corrected chi connectivity index (χ4v) is 5.36. The maximum Gasteiger partial charge on any atom is 0.229 e. The predicted molar refractivity (Wildman–Crippen MR) is 144 cm³/mol. The van der Waals surface area contributed by atoms with Crippen LogP contribution >= 0.6 is 0 Å². The van der Waals surface area contributed by atoms with Crippen LogP contribution in [0.2, 0.25) is 0 Å². The average molecular weight is 609 g/mol. The summed E-state index contributed by atoms with van der Waals surface area (Å²) in [4.78, 5) is 13.0. The summed E-state index contributed by atoms with van der Waals surface area (Å²) in [7, 11) is 2.96. The number of fused-ring (bicyclic) bond motifs is 1. The molecule has 0 radical (unpaired) electrons. The fraction of sp³-hybridized carbons (Fsp3) is 0.552. The third kappa shape index (κ3) is 6.16. The van der Waals surface area contributed by atoms with E-state index in [9.17, 15) is 35.4 Å². The van der Waals surface area contributed by atoms with Crippen molar-refractivity contribution in [2.45, 2.75) is 80.9 Å². The molecule has 0 aromatic heterocycles. The zero-order valence-electron chi connectivity index (χ0n) is 23.7. The van der Waals surface area contributed by atoms with Crippen LogP contribution in [0.1, 0.15) is 35.4 Å². The van der Waals surface area contributed by atoms with Crippen molar-refractivity contribution in [1.29, 1.82) is 0 Å². The molecule has 0 saturated carbocycles. The summed E-state index contributed by atoms with van der Waals surface area (Å²) >= 11 is 0. The van der Waals surface area contributed by atoms with Crippen molar-refractivity contribution in [3.63, 3.8) is 0 Å². The second kappa shape index (κ2) is 12.9. The minimum Gasteiger partial charge on any atom is -0.496 e. The van der Waals surface area contributed by atoms with Crippen LogP contribution in [0, 0.1) is 0 Å². The van der Waals surface area contributed by atoms with Crippen molar-refractivity contribution in [2.24, 2.45) is 0 Å². The van der Waals surface area contributed by atoms with Crippen molar-refractivity contribution in [1.82, 2.24) is 0 Å². The highest BCUT2D eigenvalue weighted by Crippen LogP contribution is 2.42. The van der Waals surface area contributed by atoms with Crippen LogP contribution in [0.4, 0.5) is 0 Å². The second-order valence-corrected chi connectivity index (χ2v) is 10.6. The summed E-state index contributed by atoms with van der Waals surface area (Å²) in [6, 6.07) is 9.74. The Morgan fingerprint density at radius 3 is 2.19 bits per heavy atom. The molecule has 2 fully saturated rings. The first-order chi connectivity index (χ1) is 20.6. The van der Waals surface area contributed by atoms with Crippen LogP contribution in [0.3, 0.4) is 0 Å². The van der Waals surface area contributed by atoms with Gasteiger partial charge < -0.3 is 63.8 Å². The molecule has 11 atom stereocenters. The molecule has 2 aromatic rings. The molecule has 14 heteroatoms. The van der Waals surface area contributed by atoms with Crippen LogP contribution in [0.15, 0.2) is 36.4 Å². The van der Waals surface area contributed by atoms with Gasteiger partial charge in [0.25, 0.3) is 0 Å². The monoisotopic (exact) mass is 608 g/mol. The van der Waals surface area contributed by atoms with Crippen molar-refractivity contribution in [3.8, 4) is 23.0 Å². The topological polar surface area (TPSA) is 203 Å². The van der Waals surface area contributed by atoms with E-state index in [1.807, 2.05) is 0 Å². The lowest BCUT2D eigenvalue weighted by Crippen LogP contribution is -2.64. The van der Waals surface area contributed by atoms with Crippen LogP contribution in [-0.4, -0.2) is 119 Å². The molecule has 2 saturated heterocycles. The molecular weight excluding hydrogens is 572 g/mol. The molecule has 0 aliphatic carbocycles. The summed E-state index contributed by atoms with van der Waals surface area (Å²) in [5.74, 6) is 1.26. The Kier molecular flexibility index (Phi) is 9.41. The lowest BCUT2D eigenvalue weighted by atomic mass is 9.95. The lowest BCUT2D eigenvalue weighted by molar-refractivity contribution is -0.349. The predicted octanol–water partition coefficient (Wildman–Crippen LogP) is -0.559. The largest absolute Gasteiger partial charge is 0.496 e. The van der Waals surface area contributed by atoms with Gasteiger partial charge in [-0.2, -0.15) is 0 Å². The number of methoxy groups -OCH3 is 2. The molecule has 43 heavy (non-hydrogen) atoms. The van der Waals surface area contributed by atoms with E-state index in [1.165, 1.54) is 21.1 Å². The second-order valence-electron chi connectivity index (χ2n) is 10.6. The Morgan fingerprint density at radius 2 is 1.53 bits per heavy atom. The molecule has 14 nitrogen and oxygen atoms in total. The van der Waals surface area contributed by atoms with E-state index in [-0.39, 0.29) is 18.0 Å². The highest BCUT2D eigenvalue weighted by Gasteiger charge is 2.50. The number of aliphatic hydroxyl groups is 6. The Hall–Kier alpha value is -3.05. The minimum absolute atomic E-state index is 0.0697. The van der Waals surface area contributed by atoms with Gasteiger partial charge in [-0.05, 0) is 24.6 Å². The van der Waals surface area contributed by atoms with E-state index in [0.29, 0.717) is 28.4 Å². The number of carbonyl (C=O) groups excluding carboxylic acids is 1. The Balaban J connectivity index is 1.25. The van der Waals surface area contributed by atoms with E-state index < -0.39 is 74.1 Å². The van der Waals surface area contributed by atoms with Crippen LogP contribution in [-0.2, 0) is 14.2 Å². The molecule has 0 amide bonds. The highest BCUT2D eigenvalue weighted by molar-refractivity contribution is 6.02.